The van der Waals surface area contributed by atoms with Crippen molar-refractivity contribution >= 4 is 11.6 Å². The molecule has 1 heterocycles. The Hall–Kier alpha value is -3.66. The fourth-order valence-electron chi connectivity index (χ4n) is 2.40. The molecule has 130 valence electrons. The Balaban J connectivity index is 1.65. The van der Waals surface area contributed by atoms with Gasteiger partial charge in [0.25, 0.3) is 5.91 Å². The van der Waals surface area contributed by atoms with Crippen LogP contribution in [0.4, 0.5) is 5.69 Å². The monoisotopic (exact) mass is 346 g/mol. The van der Waals surface area contributed by atoms with Crippen molar-refractivity contribution in [2.75, 3.05) is 25.5 Å². The lowest BCUT2D eigenvalue weighted by molar-refractivity contribution is 0.0958. The fourth-order valence-corrected chi connectivity index (χ4v) is 2.40. The topological polar surface area (TPSA) is 75.9 Å². The maximum Gasteiger partial charge on any atom is 0.252 e. The standard InChI is InChI=1S/C19H18N6O/c1-24(2)18-11-4-3-7-15(18)9-6-12-20-19(26)16-8-5-10-17(13-16)25-14-21-22-23-25/h3-5,7-8,10-11,13-14H,12H2,1-2H3,(H,20,26). The molecule has 7 nitrogen and oxygen atoms in total. The van der Waals surface area contributed by atoms with E-state index in [0.717, 1.165) is 11.3 Å². The Morgan fingerprint density at radius 1 is 1.19 bits per heavy atom. The van der Waals surface area contributed by atoms with Gasteiger partial charge in [-0.25, -0.2) is 4.68 Å². The first-order valence-corrected chi connectivity index (χ1v) is 8.02. The molecular weight excluding hydrogens is 328 g/mol. The molecule has 0 aliphatic rings. The smallest absolute Gasteiger partial charge is 0.252 e. The van der Waals surface area contributed by atoms with Crippen molar-refractivity contribution < 1.29 is 4.79 Å². The Labute approximate surface area is 151 Å². The number of hydrogen-bond donors (Lipinski definition) is 1. The van der Waals surface area contributed by atoms with E-state index >= 15 is 0 Å². The number of rotatable bonds is 4. The summed E-state index contributed by atoms with van der Waals surface area (Å²) in [6, 6.07) is 14.9. The highest BCUT2D eigenvalue weighted by atomic mass is 16.1. The van der Waals surface area contributed by atoms with Gasteiger partial charge in [0.2, 0.25) is 0 Å². The summed E-state index contributed by atoms with van der Waals surface area (Å²) >= 11 is 0. The van der Waals surface area contributed by atoms with Crippen molar-refractivity contribution in [1.29, 1.82) is 0 Å². The molecule has 0 bridgehead atoms. The molecule has 0 aliphatic carbocycles. The Kier molecular flexibility index (Phi) is 5.25. The van der Waals surface area contributed by atoms with Gasteiger partial charge in [-0.2, -0.15) is 0 Å². The van der Waals surface area contributed by atoms with Crippen LogP contribution in [0.3, 0.4) is 0 Å². The molecule has 3 rings (SSSR count). The van der Waals surface area contributed by atoms with Crippen molar-refractivity contribution in [1.82, 2.24) is 25.5 Å². The summed E-state index contributed by atoms with van der Waals surface area (Å²) in [7, 11) is 3.94. The van der Waals surface area contributed by atoms with Crippen LogP contribution < -0.4 is 10.2 Å². The zero-order valence-corrected chi connectivity index (χ0v) is 14.5. The number of nitrogens with zero attached hydrogens (tertiary/aromatic N) is 5. The fraction of sp³-hybridized carbons (Fsp3) is 0.158. The molecule has 1 N–H and O–H groups in total. The molecule has 1 aromatic heterocycles. The molecule has 0 atom stereocenters. The van der Waals surface area contributed by atoms with Gasteiger partial charge in [0.05, 0.1) is 17.9 Å². The van der Waals surface area contributed by atoms with Crippen LogP contribution in [0.15, 0.2) is 54.9 Å². The first-order valence-electron chi connectivity index (χ1n) is 8.02. The largest absolute Gasteiger partial charge is 0.377 e. The predicted octanol–water partition coefficient (Wildman–Crippen LogP) is 1.51. The third-order valence-corrected chi connectivity index (χ3v) is 3.67. The van der Waals surface area contributed by atoms with Gasteiger partial charge >= 0.3 is 0 Å². The molecule has 26 heavy (non-hydrogen) atoms. The number of para-hydroxylation sites is 1. The maximum atomic E-state index is 12.3. The molecule has 0 unspecified atom stereocenters. The van der Waals surface area contributed by atoms with Gasteiger partial charge in [-0.05, 0) is 40.8 Å². The highest BCUT2D eigenvalue weighted by Crippen LogP contribution is 2.16. The second-order valence-electron chi connectivity index (χ2n) is 5.70. The first kappa shape index (κ1) is 17.2. The second-order valence-corrected chi connectivity index (χ2v) is 5.70. The summed E-state index contributed by atoms with van der Waals surface area (Å²) < 4.78 is 1.49. The third-order valence-electron chi connectivity index (χ3n) is 3.67. The predicted molar refractivity (Wildman–Crippen MR) is 99.1 cm³/mol. The van der Waals surface area contributed by atoms with Crippen LogP contribution in [0.2, 0.25) is 0 Å². The van der Waals surface area contributed by atoms with Crippen molar-refractivity contribution in [3.8, 4) is 17.5 Å². The number of benzene rings is 2. The minimum Gasteiger partial charge on any atom is -0.377 e. The normalized spacial score (nSPS) is 9.92. The first-order chi connectivity index (χ1) is 12.6. The molecule has 3 aromatic rings. The lowest BCUT2D eigenvalue weighted by Gasteiger charge is -2.13. The molecule has 0 saturated heterocycles. The van der Waals surface area contributed by atoms with E-state index in [9.17, 15) is 4.79 Å². The zero-order valence-electron chi connectivity index (χ0n) is 14.5. The van der Waals surface area contributed by atoms with Crippen LogP contribution in [0.1, 0.15) is 15.9 Å². The highest BCUT2D eigenvalue weighted by molar-refractivity contribution is 5.94. The van der Waals surface area contributed by atoms with Crippen LogP contribution >= 0.6 is 0 Å². The molecule has 0 radical (unpaired) electrons. The maximum absolute atomic E-state index is 12.3. The number of hydrogen-bond acceptors (Lipinski definition) is 5. The average molecular weight is 346 g/mol. The quantitative estimate of drug-likeness (QED) is 0.725. The van der Waals surface area contributed by atoms with Crippen LogP contribution in [-0.2, 0) is 0 Å². The van der Waals surface area contributed by atoms with Gasteiger partial charge < -0.3 is 10.2 Å². The molecule has 2 aromatic carbocycles. The van der Waals surface area contributed by atoms with E-state index < -0.39 is 0 Å². The second kappa shape index (κ2) is 7.94. The summed E-state index contributed by atoms with van der Waals surface area (Å²) in [4.78, 5) is 14.3. The van der Waals surface area contributed by atoms with Crippen molar-refractivity contribution in [3.63, 3.8) is 0 Å². The van der Waals surface area contributed by atoms with Gasteiger partial charge in [0.15, 0.2) is 0 Å². The zero-order chi connectivity index (χ0) is 18.4. The summed E-state index contributed by atoms with van der Waals surface area (Å²) in [6.07, 6.45) is 1.48. The van der Waals surface area contributed by atoms with Gasteiger partial charge in [0.1, 0.15) is 6.33 Å². The van der Waals surface area contributed by atoms with Crippen LogP contribution in [0.5, 0.6) is 0 Å². The molecule has 0 spiro atoms. The molecule has 0 fully saturated rings. The summed E-state index contributed by atoms with van der Waals surface area (Å²) in [5.74, 6) is 5.89. The molecule has 1 amide bonds. The van der Waals surface area contributed by atoms with Crippen LogP contribution in [0, 0.1) is 11.8 Å². The van der Waals surface area contributed by atoms with E-state index in [-0.39, 0.29) is 12.5 Å². The van der Waals surface area contributed by atoms with Crippen LogP contribution in [-0.4, -0.2) is 46.8 Å². The lowest BCUT2D eigenvalue weighted by Crippen LogP contribution is -2.23. The number of tetrazole rings is 1. The van der Waals surface area contributed by atoms with E-state index in [1.807, 2.05) is 49.3 Å². The summed E-state index contributed by atoms with van der Waals surface area (Å²) in [5.41, 5.74) is 3.20. The highest BCUT2D eigenvalue weighted by Gasteiger charge is 2.06. The molecule has 0 saturated carbocycles. The van der Waals surface area contributed by atoms with E-state index in [1.54, 1.807) is 18.2 Å². The van der Waals surface area contributed by atoms with Crippen LogP contribution in [0.25, 0.3) is 5.69 Å². The van der Waals surface area contributed by atoms with Gasteiger partial charge in [-0.3, -0.25) is 4.79 Å². The number of amides is 1. The molecule has 7 heteroatoms. The molecule has 0 aliphatic heterocycles. The van der Waals surface area contributed by atoms with Crippen molar-refractivity contribution in [3.05, 3.63) is 66.0 Å². The van der Waals surface area contributed by atoms with Crippen molar-refractivity contribution in [2.24, 2.45) is 0 Å². The van der Waals surface area contributed by atoms with E-state index in [2.05, 4.69) is 32.7 Å². The lowest BCUT2D eigenvalue weighted by atomic mass is 10.1. The van der Waals surface area contributed by atoms with E-state index in [0.29, 0.717) is 11.3 Å². The average Bonchev–Trinajstić information content (AvgIpc) is 3.20. The summed E-state index contributed by atoms with van der Waals surface area (Å²) in [5, 5.41) is 13.8. The van der Waals surface area contributed by atoms with Gasteiger partial charge in [-0.1, -0.05) is 30.0 Å². The van der Waals surface area contributed by atoms with Gasteiger partial charge in [0, 0.05) is 25.2 Å². The number of nitrogens with one attached hydrogen (secondary N) is 1. The summed E-state index contributed by atoms with van der Waals surface area (Å²) in [6.45, 7) is 0.260. The minimum absolute atomic E-state index is 0.199. The van der Waals surface area contributed by atoms with Gasteiger partial charge in [-0.15, -0.1) is 5.10 Å². The SMILES string of the molecule is CN(C)c1ccccc1C#CCNC(=O)c1cccc(-n2cnnn2)c1. The number of carbonyl (C=O) groups is 1. The van der Waals surface area contributed by atoms with Crippen molar-refractivity contribution in [2.45, 2.75) is 0 Å². The number of carbonyl (C=O) groups excluding carboxylic acids is 1. The molecular formula is C19H18N6O. The van der Waals surface area contributed by atoms with E-state index in [4.69, 9.17) is 0 Å². The minimum atomic E-state index is -0.199. The Morgan fingerprint density at radius 3 is 2.81 bits per heavy atom. The third kappa shape index (κ3) is 4.05. The van der Waals surface area contributed by atoms with E-state index in [1.165, 1.54) is 11.0 Å². The number of anilines is 1. The Bertz CT molecular complexity index is 953. The Morgan fingerprint density at radius 2 is 2.04 bits per heavy atom. The number of aromatic nitrogens is 4.